The third-order valence-electron chi connectivity index (χ3n) is 3.46. The monoisotopic (exact) mass is 289 g/mol. The van der Waals surface area contributed by atoms with Crippen molar-refractivity contribution in [3.8, 4) is 17.6 Å². The van der Waals surface area contributed by atoms with Crippen molar-refractivity contribution in [1.82, 2.24) is 0 Å². The molecule has 2 rings (SSSR count). The van der Waals surface area contributed by atoms with Gasteiger partial charge in [0.1, 0.15) is 0 Å². The Kier molecular flexibility index (Phi) is 4.52. The molecule has 1 aromatic carbocycles. The van der Waals surface area contributed by atoms with Crippen LogP contribution in [0.15, 0.2) is 18.2 Å². The van der Waals surface area contributed by atoms with E-state index in [9.17, 15) is 14.3 Å². The number of halogens is 1. The first-order valence-corrected chi connectivity index (χ1v) is 7.10. The van der Waals surface area contributed by atoms with Crippen molar-refractivity contribution in [2.24, 2.45) is 5.92 Å². The van der Waals surface area contributed by atoms with Crippen molar-refractivity contribution < 1.29 is 19.0 Å². The smallest absolute Gasteiger partial charge is 0.165 e. The normalized spacial score (nSPS) is 15.4. The molecule has 0 aromatic heterocycles. The molecule has 1 aromatic rings. The van der Waals surface area contributed by atoms with Crippen LogP contribution in [0.5, 0.6) is 5.75 Å². The van der Waals surface area contributed by atoms with Crippen molar-refractivity contribution >= 4 is 5.97 Å². The number of aromatic carboxylic acids is 1. The van der Waals surface area contributed by atoms with Crippen LogP contribution < -0.4 is 9.84 Å². The Morgan fingerprint density at radius 1 is 1.38 bits per heavy atom. The summed E-state index contributed by atoms with van der Waals surface area (Å²) in [4.78, 5) is 10.8. The lowest BCUT2D eigenvalue weighted by Crippen LogP contribution is -2.27. The summed E-state index contributed by atoms with van der Waals surface area (Å²) in [6, 6.07) is 3.33. The molecule has 0 radical (unpaired) electrons. The maximum atomic E-state index is 13.7. The van der Waals surface area contributed by atoms with Crippen LogP contribution in [-0.4, -0.2) is 11.6 Å². The van der Waals surface area contributed by atoms with Gasteiger partial charge >= 0.3 is 0 Å². The minimum absolute atomic E-state index is 0.119. The molecule has 0 bridgehead atoms. The number of benzene rings is 1. The van der Waals surface area contributed by atoms with Crippen LogP contribution in [0.4, 0.5) is 4.39 Å². The van der Waals surface area contributed by atoms with Crippen LogP contribution in [0.1, 0.15) is 49.9 Å². The fourth-order valence-corrected chi connectivity index (χ4v) is 2.35. The van der Waals surface area contributed by atoms with E-state index in [2.05, 4.69) is 11.8 Å². The van der Waals surface area contributed by atoms with Crippen LogP contribution in [-0.2, 0) is 0 Å². The van der Waals surface area contributed by atoms with Crippen LogP contribution in [0, 0.1) is 23.6 Å². The number of hydrogen-bond acceptors (Lipinski definition) is 3. The Balaban J connectivity index is 2.15. The van der Waals surface area contributed by atoms with E-state index in [1.165, 1.54) is 12.8 Å². The number of carbonyl (C=O) groups is 1. The highest BCUT2D eigenvalue weighted by Gasteiger charge is 2.20. The predicted octanol–water partition coefficient (Wildman–Crippen LogP) is 2.54. The van der Waals surface area contributed by atoms with Gasteiger partial charge in [0.05, 0.1) is 5.97 Å². The zero-order valence-electron chi connectivity index (χ0n) is 12.2. The van der Waals surface area contributed by atoms with E-state index < -0.39 is 17.4 Å². The highest BCUT2D eigenvalue weighted by atomic mass is 19.1. The zero-order chi connectivity index (χ0) is 15.5. The third kappa shape index (κ3) is 4.22. The summed E-state index contributed by atoms with van der Waals surface area (Å²) in [5.41, 5.74) is -1.00. The Morgan fingerprint density at radius 3 is 2.67 bits per heavy atom. The molecule has 0 aliphatic heterocycles. The number of rotatable bonds is 3. The standard InChI is InChI=1S/C17H19FO3/c1-17(2,10-9-12-5-3-4-6-12)21-15-11-13(16(19)20)7-8-14(15)18/h7-8,11-12H,3-6H2,1-2H3,(H,19,20)/p-1. The van der Waals surface area contributed by atoms with E-state index in [0.29, 0.717) is 5.92 Å². The summed E-state index contributed by atoms with van der Waals surface area (Å²) < 4.78 is 19.3. The summed E-state index contributed by atoms with van der Waals surface area (Å²) >= 11 is 0. The van der Waals surface area contributed by atoms with Gasteiger partial charge in [-0.25, -0.2) is 4.39 Å². The van der Waals surface area contributed by atoms with Gasteiger partial charge in [0, 0.05) is 11.5 Å². The van der Waals surface area contributed by atoms with Gasteiger partial charge in [-0.2, -0.15) is 0 Å². The van der Waals surface area contributed by atoms with Crippen molar-refractivity contribution in [3.63, 3.8) is 0 Å². The van der Waals surface area contributed by atoms with E-state index in [1.54, 1.807) is 13.8 Å². The summed E-state index contributed by atoms with van der Waals surface area (Å²) in [5, 5.41) is 10.8. The van der Waals surface area contributed by atoms with Crippen LogP contribution >= 0.6 is 0 Å². The lowest BCUT2D eigenvalue weighted by molar-refractivity contribution is -0.255. The molecule has 0 amide bonds. The molecule has 0 N–H and O–H groups in total. The molecule has 0 unspecified atom stereocenters. The second-order valence-corrected chi connectivity index (χ2v) is 5.80. The molecule has 112 valence electrons. The molecule has 3 nitrogen and oxygen atoms in total. The highest BCUT2D eigenvalue weighted by Crippen LogP contribution is 2.26. The molecule has 4 heteroatoms. The molecular weight excluding hydrogens is 271 g/mol. The Labute approximate surface area is 124 Å². The van der Waals surface area contributed by atoms with Gasteiger partial charge in [-0.05, 0) is 44.9 Å². The number of ether oxygens (including phenoxy) is 1. The van der Waals surface area contributed by atoms with Gasteiger partial charge in [-0.1, -0.05) is 24.7 Å². The average Bonchev–Trinajstić information content (AvgIpc) is 2.92. The van der Waals surface area contributed by atoms with E-state index in [1.807, 2.05) is 0 Å². The molecule has 1 aliphatic rings. The molecular formula is C17H18FO3-. The van der Waals surface area contributed by atoms with E-state index in [4.69, 9.17) is 4.74 Å². The molecule has 1 fully saturated rings. The van der Waals surface area contributed by atoms with Gasteiger partial charge < -0.3 is 14.6 Å². The minimum Gasteiger partial charge on any atom is -0.545 e. The van der Waals surface area contributed by atoms with E-state index in [-0.39, 0.29) is 11.3 Å². The van der Waals surface area contributed by atoms with Gasteiger partial charge in [0.25, 0.3) is 0 Å². The zero-order valence-corrected chi connectivity index (χ0v) is 12.2. The number of carboxylic acid groups (broad SMARTS) is 1. The first-order chi connectivity index (χ1) is 9.87. The van der Waals surface area contributed by atoms with Crippen molar-refractivity contribution in [2.75, 3.05) is 0 Å². The number of carboxylic acids is 1. The SMILES string of the molecule is CC(C)(C#CC1CCCC1)Oc1cc(C(=O)[O-])ccc1F. The average molecular weight is 289 g/mol. The Hall–Kier alpha value is -2.02. The first kappa shape index (κ1) is 15.4. The Morgan fingerprint density at radius 2 is 2.05 bits per heavy atom. The summed E-state index contributed by atoms with van der Waals surface area (Å²) in [6.45, 7) is 3.47. The van der Waals surface area contributed by atoms with Gasteiger partial charge in [-0.3, -0.25) is 0 Å². The van der Waals surface area contributed by atoms with E-state index in [0.717, 1.165) is 31.0 Å². The molecule has 21 heavy (non-hydrogen) atoms. The largest absolute Gasteiger partial charge is 0.545 e. The van der Waals surface area contributed by atoms with Crippen molar-refractivity contribution in [2.45, 2.75) is 45.1 Å². The lowest BCUT2D eigenvalue weighted by atomic mass is 10.1. The fraction of sp³-hybridized carbons (Fsp3) is 0.471. The summed E-state index contributed by atoms with van der Waals surface area (Å²) in [6.07, 6.45) is 4.58. The van der Waals surface area contributed by atoms with Crippen LogP contribution in [0.3, 0.4) is 0 Å². The second-order valence-electron chi connectivity index (χ2n) is 5.80. The molecule has 0 spiro atoms. The number of hydrogen-bond donors (Lipinski definition) is 0. The minimum atomic E-state index is -1.37. The third-order valence-corrected chi connectivity index (χ3v) is 3.46. The molecule has 0 atom stereocenters. The fourth-order valence-electron chi connectivity index (χ4n) is 2.35. The van der Waals surface area contributed by atoms with Gasteiger partial charge in [0.2, 0.25) is 0 Å². The van der Waals surface area contributed by atoms with Gasteiger partial charge in [-0.15, -0.1) is 0 Å². The van der Waals surface area contributed by atoms with Crippen LogP contribution in [0.2, 0.25) is 0 Å². The summed E-state index contributed by atoms with van der Waals surface area (Å²) in [7, 11) is 0. The first-order valence-electron chi connectivity index (χ1n) is 7.10. The quantitative estimate of drug-likeness (QED) is 0.803. The highest BCUT2D eigenvalue weighted by molar-refractivity contribution is 5.86. The lowest BCUT2D eigenvalue weighted by Gasteiger charge is -2.21. The van der Waals surface area contributed by atoms with Crippen LogP contribution in [0.25, 0.3) is 0 Å². The van der Waals surface area contributed by atoms with E-state index >= 15 is 0 Å². The maximum absolute atomic E-state index is 13.7. The summed E-state index contributed by atoms with van der Waals surface area (Å²) in [5.74, 6) is 4.47. The predicted molar refractivity (Wildman–Crippen MR) is 75.2 cm³/mol. The maximum Gasteiger partial charge on any atom is 0.165 e. The molecule has 1 aliphatic carbocycles. The molecule has 0 heterocycles. The molecule has 1 saturated carbocycles. The van der Waals surface area contributed by atoms with Crippen molar-refractivity contribution in [1.29, 1.82) is 0 Å². The topological polar surface area (TPSA) is 49.4 Å². The van der Waals surface area contributed by atoms with Crippen molar-refractivity contribution in [3.05, 3.63) is 29.6 Å². The Bertz CT molecular complexity index is 590. The molecule has 0 saturated heterocycles. The van der Waals surface area contributed by atoms with Gasteiger partial charge in [0.15, 0.2) is 17.2 Å². The second kappa shape index (κ2) is 6.17. The number of carbonyl (C=O) groups excluding carboxylic acids is 1.